The Labute approximate surface area is 78.8 Å². The third-order valence-electron chi connectivity index (χ3n) is 1.78. The van der Waals surface area contributed by atoms with Gasteiger partial charge in [-0.05, 0) is 18.1 Å². The highest BCUT2D eigenvalue weighted by molar-refractivity contribution is 5.85. The van der Waals surface area contributed by atoms with Gasteiger partial charge in [0.25, 0.3) is 0 Å². The molecule has 0 radical (unpaired) electrons. The summed E-state index contributed by atoms with van der Waals surface area (Å²) in [6.07, 6.45) is 0. The van der Waals surface area contributed by atoms with E-state index >= 15 is 0 Å². The largest absolute Gasteiger partial charge is 0.394 e. The maximum absolute atomic E-state index is 8.79. The van der Waals surface area contributed by atoms with Gasteiger partial charge in [0.05, 0.1) is 12.6 Å². The summed E-state index contributed by atoms with van der Waals surface area (Å²) in [5, 5.41) is 8.79. The number of rotatable bonds is 2. The molecule has 1 rings (SSSR count). The first-order chi connectivity index (χ1) is 5.25. The fourth-order valence-corrected chi connectivity index (χ4v) is 1.10. The molecule has 0 fully saturated rings. The van der Waals surface area contributed by atoms with Gasteiger partial charge in [0.2, 0.25) is 0 Å². The molecule has 0 bridgehead atoms. The summed E-state index contributed by atoms with van der Waals surface area (Å²) < 4.78 is 0. The fourth-order valence-electron chi connectivity index (χ4n) is 1.10. The summed E-state index contributed by atoms with van der Waals surface area (Å²) in [6.45, 7) is 2.00. The van der Waals surface area contributed by atoms with Gasteiger partial charge in [-0.2, -0.15) is 0 Å². The van der Waals surface area contributed by atoms with Crippen molar-refractivity contribution in [2.45, 2.75) is 13.0 Å². The van der Waals surface area contributed by atoms with E-state index in [0.29, 0.717) is 0 Å². The normalized spacial score (nSPS) is 11.9. The van der Waals surface area contributed by atoms with Crippen LogP contribution < -0.4 is 5.73 Å². The Morgan fingerprint density at radius 3 is 2.50 bits per heavy atom. The molecule has 0 aliphatic heterocycles. The van der Waals surface area contributed by atoms with Gasteiger partial charge in [0.15, 0.2) is 0 Å². The first-order valence-electron chi connectivity index (χ1n) is 3.67. The van der Waals surface area contributed by atoms with E-state index in [9.17, 15) is 0 Å². The van der Waals surface area contributed by atoms with Crippen LogP contribution in [0.3, 0.4) is 0 Å². The van der Waals surface area contributed by atoms with Gasteiger partial charge in [-0.3, -0.25) is 0 Å². The van der Waals surface area contributed by atoms with Crippen LogP contribution in [-0.4, -0.2) is 11.7 Å². The fraction of sp³-hybridized carbons (Fsp3) is 0.333. The quantitative estimate of drug-likeness (QED) is 0.736. The first kappa shape index (κ1) is 11.4. The number of aliphatic hydroxyl groups is 1. The predicted molar refractivity (Wildman–Crippen MR) is 52.4 cm³/mol. The summed E-state index contributed by atoms with van der Waals surface area (Å²) in [5.74, 6) is 0. The second kappa shape index (κ2) is 5.14. The zero-order chi connectivity index (χ0) is 8.27. The highest BCUT2D eigenvalue weighted by atomic mass is 35.5. The number of aliphatic hydroxyl groups excluding tert-OH is 1. The molecule has 12 heavy (non-hydrogen) atoms. The number of aryl methyl sites for hydroxylation is 1. The van der Waals surface area contributed by atoms with Crippen molar-refractivity contribution in [2.75, 3.05) is 6.61 Å². The van der Waals surface area contributed by atoms with Crippen molar-refractivity contribution < 1.29 is 5.11 Å². The third-order valence-corrected chi connectivity index (χ3v) is 1.78. The summed E-state index contributed by atoms with van der Waals surface area (Å²) in [4.78, 5) is 0. The van der Waals surface area contributed by atoms with Crippen molar-refractivity contribution in [1.82, 2.24) is 0 Å². The molecule has 0 heterocycles. The molecule has 0 saturated carbocycles. The Balaban J connectivity index is 0.00000121. The van der Waals surface area contributed by atoms with Crippen LogP contribution in [0.15, 0.2) is 24.3 Å². The molecule has 2 nitrogen and oxygen atoms in total. The maximum atomic E-state index is 8.79. The van der Waals surface area contributed by atoms with Crippen LogP contribution in [-0.2, 0) is 0 Å². The van der Waals surface area contributed by atoms with E-state index in [0.717, 1.165) is 11.1 Å². The molecular weight excluding hydrogens is 174 g/mol. The summed E-state index contributed by atoms with van der Waals surface area (Å²) in [7, 11) is 0. The number of hydrogen-bond acceptors (Lipinski definition) is 2. The minimum Gasteiger partial charge on any atom is -0.394 e. The zero-order valence-corrected chi connectivity index (χ0v) is 7.84. The summed E-state index contributed by atoms with van der Waals surface area (Å²) in [5.41, 5.74) is 7.80. The molecule has 0 spiro atoms. The molecular formula is C9H14ClNO. The predicted octanol–water partition coefficient (Wildman–Crippen LogP) is 1.41. The smallest absolute Gasteiger partial charge is 0.0624 e. The molecule has 0 saturated heterocycles. The second-order valence-corrected chi connectivity index (χ2v) is 2.65. The SMILES string of the molecule is Cc1ccccc1C(N)CO.Cl. The van der Waals surface area contributed by atoms with Crippen LogP contribution >= 0.6 is 12.4 Å². The van der Waals surface area contributed by atoms with Gasteiger partial charge in [-0.1, -0.05) is 24.3 Å². The van der Waals surface area contributed by atoms with Crippen molar-refractivity contribution in [3.63, 3.8) is 0 Å². The molecule has 3 heteroatoms. The first-order valence-corrected chi connectivity index (χ1v) is 3.67. The van der Waals surface area contributed by atoms with Gasteiger partial charge in [-0.25, -0.2) is 0 Å². The molecule has 1 aromatic rings. The molecule has 0 aliphatic carbocycles. The number of benzene rings is 1. The lowest BCUT2D eigenvalue weighted by Crippen LogP contribution is -2.15. The van der Waals surface area contributed by atoms with Gasteiger partial charge in [0.1, 0.15) is 0 Å². The standard InChI is InChI=1S/C9H13NO.ClH/c1-7-4-2-3-5-8(7)9(10)6-11;/h2-5,9,11H,6,10H2,1H3;1H. The Kier molecular flexibility index (Phi) is 4.90. The molecule has 0 amide bonds. The molecule has 1 unspecified atom stereocenters. The van der Waals surface area contributed by atoms with Gasteiger partial charge < -0.3 is 10.8 Å². The van der Waals surface area contributed by atoms with E-state index in [4.69, 9.17) is 10.8 Å². The lowest BCUT2D eigenvalue weighted by atomic mass is 10.0. The molecule has 0 aromatic heterocycles. The molecule has 1 atom stereocenters. The van der Waals surface area contributed by atoms with Crippen LogP contribution in [0.25, 0.3) is 0 Å². The monoisotopic (exact) mass is 187 g/mol. The minimum atomic E-state index is -0.240. The van der Waals surface area contributed by atoms with E-state index in [1.807, 2.05) is 31.2 Å². The molecule has 68 valence electrons. The Morgan fingerprint density at radius 2 is 2.00 bits per heavy atom. The molecule has 1 aromatic carbocycles. The van der Waals surface area contributed by atoms with E-state index in [2.05, 4.69) is 0 Å². The van der Waals surface area contributed by atoms with Gasteiger partial charge in [0, 0.05) is 0 Å². The van der Waals surface area contributed by atoms with E-state index in [1.165, 1.54) is 0 Å². The average molecular weight is 188 g/mol. The minimum absolute atomic E-state index is 0. The Morgan fingerprint density at radius 1 is 1.42 bits per heavy atom. The van der Waals surface area contributed by atoms with E-state index < -0.39 is 0 Å². The van der Waals surface area contributed by atoms with Crippen LogP contribution in [0, 0.1) is 6.92 Å². The topological polar surface area (TPSA) is 46.2 Å². The van der Waals surface area contributed by atoms with Crippen LogP contribution in [0.4, 0.5) is 0 Å². The van der Waals surface area contributed by atoms with Gasteiger partial charge in [-0.15, -0.1) is 12.4 Å². The number of hydrogen-bond donors (Lipinski definition) is 2. The third kappa shape index (κ3) is 2.48. The molecule has 3 N–H and O–H groups in total. The second-order valence-electron chi connectivity index (χ2n) is 2.65. The zero-order valence-electron chi connectivity index (χ0n) is 7.03. The van der Waals surface area contributed by atoms with Gasteiger partial charge >= 0.3 is 0 Å². The highest BCUT2D eigenvalue weighted by Crippen LogP contribution is 2.13. The highest BCUT2D eigenvalue weighted by Gasteiger charge is 2.04. The van der Waals surface area contributed by atoms with Crippen LogP contribution in [0.1, 0.15) is 17.2 Å². The van der Waals surface area contributed by atoms with Crippen LogP contribution in [0.2, 0.25) is 0 Å². The lowest BCUT2D eigenvalue weighted by molar-refractivity contribution is 0.267. The van der Waals surface area contributed by atoms with Crippen molar-refractivity contribution >= 4 is 12.4 Å². The van der Waals surface area contributed by atoms with Crippen molar-refractivity contribution in [3.8, 4) is 0 Å². The Hall–Kier alpha value is -0.570. The van der Waals surface area contributed by atoms with Crippen molar-refractivity contribution in [3.05, 3.63) is 35.4 Å². The van der Waals surface area contributed by atoms with E-state index in [1.54, 1.807) is 0 Å². The number of halogens is 1. The summed E-state index contributed by atoms with van der Waals surface area (Å²) >= 11 is 0. The van der Waals surface area contributed by atoms with Crippen molar-refractivity contribution in [1.29, 1.82) is 0 Å². The summed E-state index contributed by atoms with van der Waals surface area (Å²) in [6, 6.07) is 7.58. The average Bonchev–Trinajstić information content (AvgIpc) is 2.04. The van der Waals surface area contributed by atoms with E-state index in [-0.39, 0.29) is 25.1 Å². The number of nitrogens with two attached hydrogens (primary N) is 1. The molecule has 0 aliphatic rings. The van der Waals surface area contributed by atoms with Crippen LogP contribution in [0.5, 0.6) is 0 Å². The van der Waals surface area contributed by atoms with Crippen molar-refractivity contribution in [2.24, 2.45) is 5.73 Å². The Bertz CT molecular complexity index is 240. The lowest BCUT2D eigenvalue weighted by Gasteiger charge is -2.10. The maximum Gasteiger partial charge on any atom is 0.0624 e.